The average molecular weight is 834 g/mol. The van der Waals surface area contributed by atoms with Gasteiger partial charge in [0.2, 0.25) is 0 Å². The van der Waals surface area contributed by atoms with Gasteiger partial charge < -0.3 is 14.7 Å². The van der Waals surface area contributed by atoms with Crippen LogP contribution in [0.5, 0.6) is 5.75 Å². The number of rotatable bonds is 5. The van der Waals surface area contributed by atoms with E-state index in [1.165, 1.54) is 21.9 Å². The largest absolute Gasteiger partial charge is 0.507 e. The molecule has 0 fully saturated rings. The summed E-state index contributed by atoms with van der Waals surface area (Å²) in [7, 11) is 0.591. The van der Waals surface area contributed by atoms with Gasteiger partial charge in [-0.25, -0.2) is 4.98 Å². The van der Waals surface area contributed by atoms with Crippen LogP contribution in [0.2, 0.25) is 19.6 Å². The Labute approximate surface area is 302 Å². The fourth-order valence-corrected chi connectivity index (χ4v) is 7.45. The molecular weight excluding hydrogens is 786 g/mol. The zero-order chi connectivity index (χ0) is 33.9. The predicted octanol–water partition coefficient (Wildman–Crippen LogP) is 9.95. The number of hydrogen-bond donors (Lipinski definition) is 1. The number of aromatic nitrogens is 3. The standard InChI is InChI=1S/C42H48N3OSi.Pt/c1-41(2,3)31-24-34(39(46)35(25-31)42(4,5)6)40-44-38-33(17-14-18-37(38)45(40)7)29-21-28(27-15-12-11-13-16-27)22-30(23-29)36-20-19-32(26-43-36)47(8,9)10;/h11-26,29,46H,1-10H3;/q-1;. The maximum atomic E-state index is 11.7. The molecule has 0 amide bonds. The summed E-state index contributed by atoms with van der Waals surface area (Å²) in [4.78, 5) is 10.3. The van der Waals surface area contributed by atoms with Crippen LogP contribution in [0.15, 0.2) is 91.1 Å². The van der Waals surface area contributed by atoms with Gasteiger partial charge in [0.15, 0.2) is 0 Å². The smallest absolute Gasteiger partial charge is 0.144 e. The fraction of sp³-hybridized carbons (Fsp3) is 0.310. The van der Waals surface area contributed by atoms with E-state index in [4.69, 9.17) is 9.97 Å². The van der Waals surface area contributed by atoms with Crippen LogP contribution in [0.1, 0.15) is 75.4 Å². The molecule has 0 saturated heterocycles. The molecule has 5 aromatic rings. The van der Waals surface area contributed by atoms with Gasteiger partial charge in [-0.15, -0.1) is 0 Å². The van der Waals surface area contributed by atoms with Crippen LogP contribution in [0.3, 0.4) is 0 Å². The molecule has 2 aromatic heterocycles. The number of allylic oxidation sites excluding steroid dienone is 4. The molecule has 0 radical (unpaired) electrons. The van der Waals surface area contributed by atoms with Crippen LogP contribution in [0.25, 0.3) is 33.6 Å². The van der Waals surface area contributed by atoms with Crippen molar-refractivity contribution in [1.29, 1.82) is 0 Å². The van der Waals surface area contributed by atoms with E-state index in [0.717, 1.165) is 44.8 Å². The maximum Gasteiger partial charge on any atom is 0.144 e. The molecule has 1 N–H and O–H groups in total. The number of imidazole rings is 1. The van der Waals surface area contributed by atoms with Gasteiger partial charge in [-0.3, -0.25) is 0 Å². The third-order valence-electron chi connectivity index (χ3n) is 9.39. The van der Waals surface area contributed by atoms with E-state index in [0.29, 0.717) is 5.75 Å². The Bertz CT molecular complexity index is 2020. The summed E-state index contributed by atoms with van der Waals surface area (Å²) < 4.78 is 2.13. The van der Waals surface area contributed by atoms with Gasteiger partial charge in [-0.1, -0.05) is 133 Å². The van der Waals surface area contributed by atoms with Gasteiger partial charge in [0, 0.05) is 39.9 Å². The first-order valence-electron chi connectivity index (χ1n) is 16.7. The van der Waals surface area contributed by atoms with Crippen LogP contribution in [-0.4, -0.2) is 27.7 Å². The van der Waals surface area contributed by atoms with Crippen molar-refractivity contribution < 1.29 is 26.2 Å². The molecule has 0 bridgehead atoms. The summed E-state index contributed by atoms with van der Waals surface area (Å²) in [5.74, 6) is 1.05. The Morgan fingerprint density at radius 3 is 2.17 bits per heavy atom. The minimum atomic E-state index is -1.46. The monoisotopic (exact) mass is 833 g/mol. The zero-order valence-electron chi connectivity index (χ0n) is 29.9. The number of fused-ring (bicyclic) bond motifs is 1. The number of aromatic hydroxyl groups is 1. The number of nitrogens with zero attached hydrogens (tertiary/aromatic N) is 3. The first kappa shape index (κ1) is 35.6. The summed E-state index contributed by atoms with van der Waals surface area (Å²) in [6, 6.07) is 25.7. The second-order valence-electron chi connectivity index (χ2n) is 16.1. The molecule has 1 aliphatic carbocycles. The number of aryl methyl sites for hydroxylation is 1. The van der Waals surface area contributed by atoms with E-state index in [2.05, 4.69) is 170 Å². The van der Waals surface area contributed by atoms with Crippen molar-refractivity contribution in [3.05, 3.63) is 126 Å². The van der Waals surface area contributed by atoms with Crippen molar-refractivity contribution in [1.82, 2.24) is 14.5 Å². The Morgan fingerprint density at radius 1 is 0.854 bits per heavy atom. The van der Waals surface area contributed by atoms with E-state index in [9.17, 15) is 5.11 Å². The minimum Gasteiger partial charge on any atom is -0.507 e. The molecule has 0 spiro atoms. The summed E-state index contributed by atoms with van der Waals surface area (Å²) >= 11 is 0. The Morgan fingerprint density at radius 2 is 1.56 bits per heavy atom. The summed E-state index contributed by atoms with van der Waals surface area (Å²) in [5, 5.41) is 13.1. The minimum absolute atomic E-state index is 0. The average Bonchev–Trinajstić information content (AvgIpc) is 3.36. The molecule has 0 saturated carbocycles. The summed E-state index contributed by atoms with van der Waals surface area (Å²) in [6.07, 6.45) is 8.99. The van der Waals surface area contributed by atoms with E-state index < -0.39 is 8.07 Å². The van der Waals surface area contributed by atoms with Crippen molar-refractivity contribution in [2.24, 2.45) is 7.05 Å². The van der Waals surface area contributed by atoms with Gasteiger partial charge >= 0.3 is 0 Å². The van der Waals surface area contributed by atoms with E-state index >= 15 is 0 Å². The third kappa shape index (κ3) is 6.91. The fourth-order valence-electron chi connectivity index (χ4n) is 6.41. The molecular formula is C42H48N3OPtSi-. The number of phenols is 1. The van der Waals surface area contributed by atoms with E-state index in [1.54, 1.807) is 0 Å². The molecule has 4 nitrogen and oxygen atoms in total. The van der Waals surface area contributed by atoms with Crippen LogP contribution in [0, 0.1) is 6.42 Å². The summed E-state index contributed by atoms with van der Waals surface area (Å²) in [6.45, 7) is 20.2. The quantitative estimate of drug-likeness (QED) is 0.142. The van der Waals surface area contributed by atoms with Crippen molar-refractivity contribution >= 4 is 35.4 Å². The molecule has 3 aromatic carbocycles. The second-order valence-corrected chi connectivity index (χ2v) is 21.2. The van der Waals surface area contributed by atoms with Crippen molar-refractivity contribution in [2.75, 3.05) is 0 Å². The number of hydrogen-bond acceptors (Lipinski definition) is 3. The molecule has 1 atom stereocenters. The van der Waals surface area contributed by atoms with Gasteiger partial charge in [-0.2, -0.15) is 18.1 Å². The van der Waals surface area contributed by atoms with Crippen LogP contribution >= 0.6 is 0 Å². The Balaban J connectivity index is 0.00000451. The zero-order valence-corrected chi connectivity index (χ0v) is 33.2. The van der Waals surface area contributed by atoms with Crippen LogP contribution in [-0.2, 0) is 38.9 Å². The molecule has 1 aliphatic rings. The SMILES string of the molecule is Cn1c(-c2cc(C(C)(C)C)cc(C(C)(C)C)c2O)nc2c(C3C=C(c4ccccc4)C=C(c4ccc([Si](C)(C)C)cn4)[CH-]3)cccc21.[Pt]. The number of para-hydroxylation sites is 1. The van der Waals surface area contributed by atoms with Gasteiger partial charge in [0.25, 0.3) is 0 Å². The van der Waals surface area contributed by atoms with E-state index in [1.807, 2.05) is 0 Å². The van der Waals surface area contributed by atoms with Crippen LogP contribution < -0.4 is 5.19 Å². The summed E-state index contributed by atoms with van der Waals surface area (Å²) in [5.41, 5.74) is 10.1. The number of pyridine rings is 1. The number of phenolic OH excluding ortho intramolecular Hbond substituents is 1. The molecule has 1 unspecified atom stereocenters. The molecule has 2 heterocycles. The van der Waals surface area contributed by atoms with Gasteiger partial charge in [0.1, 0.15) is 11.6 Å². The first-order chi connectivity index (χ1) is 22.0. The van der Waals surface area contributed by atoms with E-state index in [-0.39, 0.29) is 37.8 Å². The molecule has 6 rings (SSSR count). The van der Waals surface area contributed by atoms with Gasteiger partial charge in [-0.05, 0) is 56.5 Å². The maximum absolute atomic E-state index is 11.7. The second kappa shape index (κ2) is 13.0. The van der Waals surface area contributed by atoms with Gasteiger partial charge in [0.05, 0.1) is 24.7 Å². The molecule has 0 aliphatic heterocycles. The molecule has 252 valence electrons. The topological polar surface area (TPSA) is 50.9 Å². The molecule has 6 heteroatoms. The van der Waals surface area contributed by atoms with Crippen molar-refractivity contribution in [2.45, 2.75) is 77.9 Å². The Hall–Kier alpha value is -3.66. The predicted molar refractivity (Wildman–Crippen MR) is 202 cm³/mol. The van der Waals surface area contributed by atoms with Crippen molar-refractivity contribution in [3.63, 3.8) is 0 Å². The van der Waals surface area contributed by atoms with Crippen molar-refractivity contribution in [3.8, 4) is 17.1 Å². The number of benzene rings is 3. The first-order valence-corrected chi connectivity index (χ1v) is 20.2. The Kier molecular flexibility index (Phi) is 9.64. The molecule has 48 heavy (non-hydrogen) atoms. The normalized spacial score (nSPS) is 15.4. The van der Waals surface area contributed by atoms with Crippen LogP contribution in [0.4, 0.5) is 0 Å². The third-order valence-corrected chi connectivity index (χ3v) is 11.4.